The van der Waals surface area contributed by atoms with Crippen molar-refractivity contribution in [2.24, 2.45) is 0 Å². The van der Waals surface area contributed by atoms with Crippen molar-refractivity contribution < 1.29 is 50.4 Å². The molecule has 0 bridgehead atoms. The fourth-order valence-corrected chi connectivity index (χ4v) is 7.70. The molecular formula is C45H48Cl2F2N8O9S. The number of rotatable bonds is 17. The Morgan fingerprint density at radius 1 is 0.672 bits per heavy atom. The van der Waals surface area contributed by atoms with Crippen LogP contribution in [0.1, 0.15) is 32.6 Å². The first-order valence-corrected chi connectivity index (χ1v) is 23.9. The molecule has 1 amide bonds. The van der Waals surface area contributed by atoms with E-state index in [1.807, 2.05) is 6.07 Å². The van der Waals surface area contributed by atoms with Gasteiger partial charge in [-0.25, -0.2) is 41.9 Å². The third-order valence-corrected chi connectivity index (χ3v) is 11.5. The average molecular weight is 986 g/mol. The van der Waals surface area contributed by atoms with Crippen molar-refractivity contribution in [3.05, 3.63) is 95.0 Å². The van der Waals surface area contributed by atoms with Crippen LogP contribution in [0.25, 0.3) is 21.8 Å². The molecule has 0 aliphatic carbocycles. The molecule has 356 valence electrons. The number of aromatic nitrogens is 4. The third kappa shape index (κ3) is 14.3. The van der Waals surface area contributed by atoms with Gasteiger partial charge in [0.25, 0.3) is 0 Å². The summed E-state index contributed by atoms with van der Waals surface area (Å²) >= 11 is 11.8. The minimum Gasteiger partial charge on any atom is -0.488 e. The molecule has 2 aliphatic heterocycles. The Hall–Kier alpha value is -5.90. The van der Waals surface area contributed by atoms with Gasteiger partial charge >= 0.3 is 0 Å². The zero-order valence-electron chi connectivity index (χ0n) is 36.5. The highest BCUT2D eigenvalue weighted by molar-refractivity contribution is 7.88. The molecule has 2 fully saturated rings. The highest BCUT2D eigenvalue weighted by Gasteiger charge is 2.22. The van der Waals surface area contributed by atoms with Gasteiger partial charge in [-0.2, -0.15) is 0 Å². The second kappa shape index (κ2) is 23.2. The highest BCUT2D eigenvalue weighted by atomic mass is 35.5. The van der Waals surface area contributed by atoms with Gasteiger partial charge in [0.2, 0.25) is 15.9 Å². The minimum absolute atomic E-state index is 0.00848. The summed E-state index contributed by atoms with van der Waals surface area (Å²) in [5.41, 5.74) is 2.36. The number of sulfonamides is 1. The van der Waals surface area contributed by atoms with E-state index in [1.54, 1.807) is 30.3 Å². The van der Waals surface area contributed by atoms with Gasteiger partial charge in [-0.05, 0) is 48.5 Å². The van der Waals surface area contributed by atoms with Gasteiger partial charge in [0, 0.05) is 73.4 Å². The predicted octanol–water partition coefficient (Wildman–Crippen LogP) is 7.89. The first-order chi connectivity index (χ1) is 32.3. The van der Waals surface area contributed by atoms with Crippen molar-refractivity contribution in [2.75, 3.05) is 69.6 Å². The minimum atomic E-state index is -3.32. The Morgan fingerprint density at radius 2 is 1.12 bits per heavy atom. The van der Waals surface area contributed by atoms with E-state index in [0.29, 0.717) is 101 Å². The van der Waals surface area contributed by atoms with Crippen LogP contribution in [0.5, 0.6) is 23.0 Å². The van der Waals surface area contributed by atoms with Crippen LogP contribution in [0.4, 0.5) is 31.8 Å². The number of halogens is 4. The largest absolute Gasteiger partial charge is 0.488 e. The number of anilines is 4. The number of carbonyl (C=O) groups excluding carboxylic acids is 1. The molecule has 0 saturated carbocycles. The molecule has 22 heteroatoms. The molecule has 4 aromatic carbocycles. The van der Waals surface area contributed by atoms with E-state index in [4.69, 9.17) is 51.6 Å². The Bertz CT molecular complexity index is 2790. The molecule has 2 saturated heterocycles. The molecule has 6 aromatic rings. The molecule has 17 nitrogen and oxygen atoms in total. The number of benzene rings is 4. The third-order valence-electron chi connectivity index (χ3n) is 10.1. The van der Waals surface area contributed by atoms with Crippen molar-refractivity contribution in [1.29, 1.82) is 0 Å². The molecule has 0 spiro atoms. The molecule has 4 heterocycles. The number of nitrogens with zero attached hydrogens (tertiary/aromatic N) is 4. The van der Waals surface area contributed by atoms with Crippen LogP contribution < -0.4 is 39.6 Å². The van der Waals surface area contributed by atoms with Crippen LogP contribution in [-0.2, 0) is 24.3 Å². The van der Waals surface area contributed by atoms with Gasteiger partial charge in [-0.3, -0.25) is 4.79 Å². The van der Waals surface area contributed by atoms with Gasteiger partial charge in [0.15, 0.2) is 23.0 Å². The highest BCUT2D eigenvalue weighted by Crippen LogP contribution is 2.38. The molecule has 0 radical (unpaired) electrons. The average Bonchev–Trinajstić information content (AvgIpc) is 3.30. The molecule has 67 heavy (non-hydrogen) atoms. The lowest BCUT2D eigenvalue weighted by atomic mass is 10.1. The summed E-state index contributed by atoms with van der Waals surface area (Å²) in [5.74, 6) is 1.85. The first kappa shape index (κ1) is 49.0. The van der Waals surface area contributed by atoms with Crippen LogP contribution in [0.3, 0.4) is 0 Å². The van der Waals surface area contributed by atoms with E-state index in [-0.39, 0.29) is 47.9 Å². The molecule has 2 aliphatic rings. The monoisotopic (exact) mass is 984 g/mol. The number of hydrogen-bond acceptors (Lipinski definition) is 15. The zero-order chi connectivity index (χ0) is 47.3. The number of amides is 1. The molecule has 0 unspecified atom stereocenters. The predicted molar refractivity (Wildman–Crippen MR) is 250 cm³/mol. The Labute approximate surface area is 395 Å². The van der Waals surface area contributed by atoms with Gasteiger partial charge in [-0.15, -0.1) is 0 Å². The van der Waals surface area contributed by atoms with Gasteiger partial charge in [0.05, 0.1) is 60.3 Å². The van der Waals surface area contributed by atoms with E-state index in [9.17, 15) is 22.0 Å². The summed E-state index contributed by atoms with van der Waals surface area (Å²) in [6.45, 7) is 4.79. The standard InChI is InChI=1S/C23H24ClFN4O4.C22H24ClFN4O5S/c1-14(30)26-6-9-32-21-12-20-17(11-22(21)33-16-4-7-31-8-5-16)23(28-13-27-20)29-15-2-3-19(25)18(24)10-15;1-34(29,30)27-6-9-32-20-12-19-16(11-21(20)33-15-4-7-31-8-5-15)22(26-13-25-19)28-14-2-3-18(24)17(23)10-14/h2-3,10-13,16H,4-9H2,1H3,(H,26,30)(H,27,28,29);2-3,10-13,15,27H,4-9H2,1H3,(H,25,26,28). The summed E-state index contributed by atoms with van der Waals surface area (Å²) in [6.07, 6.45) is 6.85. The lowest BCUT2D eigenvalue weighted by Crippen LogP contribution is -2.27. The van der Waals surface area contributed by atoms with E-state index >= 15 is 0 Å². The first-order valence-electron chi connectivity index (χ1n) is 21.2. The van der Waals surface area contributed by atoms with Crippen molar-refractivity contribution in [3.8, 4) is 23.0 Å². The zero-order valence-corrected chi connectivity index (χ0v) is 38.8. The van der Waals surface area contributed by atoms with E-state index < -0.39 is 21.7 Å². The fourth-order valence-electron chi connectivity index (χ4n) is 6.88. The maximum atomic E-state index is 13.5. The van der Waals surface area contributed by atoms with Crippen LogP contribution in [0.15, 0.2) is 73.3 Å². The Morgan fingerprint density at radius 3 is 1.54 bits per heavy atom. The summed E-state index contributed by atoms with van der Waals surface area (Å²) in [6, 6.07) is 15.7. The number of hydrogen-bond donors (Lipinski definition) is 4. The van der Waals surface area contributed by atoms with Crippen LogP contribution in [-0.4, -0.2) is 105 Å². The summed E-state index contributed by atoms with van der Waals surface area (Å²) in [7, 11) is -3.32. The molecular weight excluding hydrogens is 938 g/mol. The fraction of sp³-hybridized carbons (Fsp3) is 0.356. The van der Waals surface area contributed by atoms with Crippen LogP contribution >= 0.6 is 23.2 Å². The molecule has 0 atom stereocenters. The van der Waals surface area contributed by atoms with Crippen LogP contribution in [0.2, 0.25) is 10.0 Å². The SMILES string of the molecule is CC(=O)NCCOc1cc2ncnc(Nc3ccc(F)c(Cl)c3)c2cc1OC1CCOCC1.CS(=O)(=O)NCCOc1cc2ncnc(Nc3ccc(F)c(Cl)c3)c2cc1OC1CCOCC1. The van der Waals surface area contributed by atoms with Gasteiger partial charge in [0.1, 0.15) is 61.3 Å². The van der Waals surface area contributed by atoms with Crippen molar-refractivity contribution >= 4 is 83.9 Å². The summed E-state index contributed by atoms with van der Waals surface area (Å²) < 4.78 is 87.2. The Kier molecular flexibility index (Phi) is 17.0. The number of fused-ring (bicyclic) bond motifs is 2. The van der Waals surface area contributed by atoms with Crippen molar-refractivity contribution in [3.63, 3.8) is 0 Å². The Balaban J connectivity index is 0.000000199. The lowest BCUT2D eigenvalue weighted by molar-refractivity contribution is -0.119. The maximum absolute atomic E-state index is 13.5. The summed E-state index contributed by atoms with van der Waals surface area (Å²) in [4.78, 5) is 28.5. The van der Waals surface area contributed by atoms with E-state index in [1.165, 1.54) is 43.8 Å². The summed E-state index contributed by atoms with van der Waals surface area (Å²) in [5, 5.41) is 10.4. The topological polar surface area (TPSA) is 206 Å². The number of nitrogens with one attached hydrogen (secondary N) is 4. The van der Waals surface area contributed by atoms with Crippen molar-refractivity contribution in [2.45, 2.75) is 44.8 Å². The van der Waals surface area contributed by atoms with Gasteiger partial charge < -0.3 is 44.4 Å². The number of ether oxygens (including phenoxy) is 6. The second-order valence-electron chi connectivity index (χ2n) is 15.3. The molecule has 4 N–H and O–H groups in total. The van der Waals surface area contributed by atoms with E-state index in [0.717, 1.165) is 31.9 Å². The molecule has 8 rings (SSSR count). The quantitative estimate of drug-likeness (QED) is 0.0642. The van der Waals surface area contributed by atoms with Crippen molar-refractivity contribution in [1.82, 2.24) is 30.0 Å². The smallest absolute Gasteiger partial charge is 0.216 e. The van der Waals surface area contributed by atoms with Gasteiger partial charge in [-0.1, -0.05) is 23.2 Å². The van der Waals surface area contributed by atoms with Crippen LogP contribution in [0, 0.1) is 11.6 Å². The number of carbonyl (C=O) groups is 1. The maximum Gasteiger partial charge on any atom is 0.216 e. The van der Waals surface area contributed by atoms with E-state index in [2.05, 4.69) is 40.6 Å². The molecule has 2 aromatic heterocycles. The second-order valence-corrected chi connectivity index (χ2v) is 17.9. The normalized spacial score (nSPS) is 14.5. The lowest BCUT2D eigenvalue weighted by Gasteiger charge is -2.25.